The smallest absolute Gasteiger partial charge is 0.326 e. The van der Waals surface area contributed by atoms with Gasteiger partial charge in [0.1, 0.15) is 18.1 Å². The van der Waals surface area contributed by atoms with E-state index in [0.717, 1.165) is 6.42 Å². The molecule has 0 aromatic rings. The first-order valence-electron chi connectivity index (χ1n) is 10.8. The summed E-state index contributed by atoms with van der Waals surface area (Å²) in [7, 11) is 0. The first-order valence-corrected chi connectivity index (χ1v) is 10.8. The lowest BCUT2D eigenvalue weighted by atomic mass is 9.95. The van der Waals surface area contributed by atoms with Crippen molar-refractivity contribution in [2.24, 2.45) is 23.5 Å². The van der Waals surface area contributed by atoms with Crippen molar-refractivity contribution in [2.75, 3.05) is 0 Å². The molecule has 30 heavy (non-hydrogen) atoms. The number of nitrogens with two attached hydrogens (primary N) is 1. The number of aliphatic carboxylic acids is 1. The van der Waals surface area contributed by atoms with Crippen LogP contribution in [0.15, 0.2) is 0 Å². The minimum absolute atomic E-state index is 0.0348. The molecule has 0 aliphatic carbocycles. The van der Waals surface area contributed by atoms with Crippen molar-refractivity contribution >= 4 is 23.7 Å². The number of carbonyl (C=O) groups excluding carboxylic acids is 3. The van der Waals surface area contributed by atoms with E-state index < -0.39 is 47.9 Å². The average Bonchev–Trinajstić information content (AvgIpc) is 2.72. The summed E-state index contributed by atoms with van der Waals surface area (Å²) in [6, 6.07) is -3.59. The number of rotatable bonds is 13. The molecule has 0 saturated carbocycles. The first kappa shape index (κ1) is 27.8. The molecule has 0 fully saturated rings. The van der Waals surface area contributed by atoms with Crippen molar-refractivity contribution in [3.63, 3.8) is 0 Å². The van der Waals surface area contributed by atoms with Crippen LogP contribution in [-0.2, 0) is 19.2 Å². The molecular weight excluding hydrogens is 388 g/mol. The van der Waals surface area contributed by atoms with Crippen LogP contribution in [0.4, 0.5) is 0 Å². The minimum atomic E-state index is -1.12. The fraction of sp³-hybridized carbons (Fsp3) is 0.810. The summed E-state index contributed by atoms with van der Waals surface area (Å²) < 4.78 is 0. The molecule has 0 aliphatic rings. The highest BCUT2D eigenvalue weighted by atomic mass is 16.4. The number of hydrogen-bond donors (Lipinski definition) is 5. The lowest BCUT2D eigenvalue weighted by molar-refractivity contribution is -0.144. The van der Waals surface area contributed by atoms with Crippen LogP contribution >= 0.6 is 0 Å². The van der Waals surface area contributed by atoms with Crippen LogP contribution in [-0.4, -0.2) is 53.0 Å². The van der Waals surface area contributed by atoms with Crippen molar-refractivity contribution < 1.29 is 24.3 Å². The predicted molar refractivity (Wildman–Crippen MR) is 115 cm³/mol. The Bertz CT molecular complexity index is 598. The molecule has 0 rings (SSSR count). The van der Waals surface area contributed by atoms with Crippen LogP contribution in [0.1, 0.15) is 67.7 Å². The Morgan fingerprint density at radius 1 is 0.700 bits per heavy atom. The second-order valence-electron chi connectivity index (χ2n) is 8.22. The molecule has 7 unspecified atom stereocenters. The second kappa shape index (κ2) is 13.2. The molecule has 0 aliphatic heterocycles. The van der Waals surface area contributed by atoms with Crippen molar-refractivity contribution in [3.05, 3.63) is 0 Å². The van der Waals surface area contributed by atoms with Gasteiger partial charge in [-0.1, -0.05) is 60.8 Å². The van der Waals surface area contributed by atoms with Gasteiger partial charge in [0.25, 0.3) is 0 Å². The molecule has 0 saturated heterocycles. The van der Waals surface area contributed by atoms with Gasteiger partial charge in [0, 0.05) is 0 Å². The van der Waals surface area contributed by atoms with E-state index in [1.165, 1.54) is 6.92 Å². The summed E-state index contributed by atoms with van der Waals surface area (Å²) in [6.07, 6.45) is 1.91. The highest BCUT2D eigenvalue weighted by molar-refractivity contribution is 5.94. The fourth-order valence-corrected chi connectivity index (χ4v) is 2.79. The number of amides is 3. The lowest BCUT2D eigenvalue weighted by Gasteiger charge is -2.28. The van der Waals surface area contributed by atoms with Gasteiger partial charge in [-0.2, -0.15) is 0 Å². The van der Waals surface area contributed by atoms with Gasteiger partial charge in [-0.05, 0) is 24.7 Å². The van der Waals surface area contributed by atoms with E-state index in [-0.39, 0.29) is 17.8 Å². The van der Waals surface area contributed by atoms with E-state index in [4.69, 9.17) is 5.73 Å². The SMILES string of the molecule is CCC(C)C(N)C(=O)NC(C)C(=O)NC(C(=O)NC(C(=O)O)C(C)CC)C(C)CC. The van der Waals surface area contributed by atoms with Crippen molar-refractivity contribution in [1.82, 2.24) is 16.0 Å². The Morgan fingerprint density at radius 2 is 1.13 bits per heavy atom. The summed E-state index contributed by atoms with van der Waals surface area (Å²) in [4.78, 5) is 49.2. The largest absolute Gasteiger partial charge is 0.480 e. The average molecular weight is 429 g/mol. The topological polar surface area (TPSA) is 151 Å². The van der Waals surface area contributed by atoms with Crippen LogP contribution in [0, 0.1) is 17.8 Å². The van der Waals surface area contributed by atoms with Gasteiger partial charge >= 0.3 is 5.97 Å². The van der Waals surface area contributed by atoms with Gasteiger partial charge < -0.3 is 26.8 Å². The standard InChI is InChI=1S/C21H40N4O5/c1-8-11(4)15(22)19(27)23-14(7)18(26)24-16(12(5)9-2)20(28)25-17(21(29)30)13(6)10-3/h11-17H,8-10,22H2,1-7H3,(H,23,27)(H,24,26)(H,25,28)(H,29,30). The summed E-state index contributed by atoms with van der Waals surface area (Å²) in [5.74, 6) is -3.17. The summed E-state index contributed by atoms with van der Waals surface area (Å²) in [5.41, 5.74) is 5.90. The molecule has 0 aromatic carbocycles. The molecule has 0 radical (unpaired) electrons. The molecule has 7 atom stereocenters. The number of carboxylic acids is 1. The molecule has 0 aromatic heterocycles. The number of carbonyl (C=O) groups is 4. The quantitative estimate of drug-likeness (QED) is 0.295. The van der Waals surface area contributed by atoms with E-state index in [2.05, 4.69) is 16.0 Å². The Labute approximate surface area is 179 Å². The maximum absolute atomic E-state index is 12.8. The fourth-order valence-electron chi connectivity index (χ4n) is 2.79. The van der Waals surface area contributed by atoms with Gasteiger partial charge in [-0.25, -0.2) is 4.79 Å². The minimum Gasteiger partial charge on any atom is -0.480 e. The van der Waals surface area contributed by atoms with E-state index in [1.807, 2.05) is 27.7 Å². The van der Waals surface area contributed by atoms with Gasteiger partial charge in [0.15, 0.2) is 0 Å². The highest BCUT2D eigenvalue weighted by Crippen LogP contribution is 2.12. The van der Waals surface area contributed by atoms with Gasteiger partial charge in [0.2, 0.25) is 17.7 Å². The lowest BCUT2D eigenvalue weighted by Crippen LogP contribution is -2.59. The van der Waals surface area contributed by atoms with Gasteiger partial charge in [0.05, 0.1) is 6.04 Å². The van der Waals surface area contributed by atoms with E-state index >= 15 is 0 Å². The number of nitrogens with one attached hydrogen (secondary N) is 3. The Kier molecular flexibility index (Phi) is 12.3. The third-order valence-electron chi connectivity index (χ3n) is 5.88. The zero-order valence-electron chi connectivity index (χ0n) is 19.3. The third-order valence-corrected chi connectivity index (χ3v) is 5.88. The third kappa shape index (κ3) is 8.30. The van der Waals surface area contributed by atoms with E-state index in [9.17, 15) is 24.3 Å². The summed E-state index contributed by atoms with van der Waals surface area (Å²) in [5, 5.41) is 17.2. The van der Waals surface area contributed by atoms with Crippen LogP contribution in [0.3, 0.4) is 0 Å². The molecule has 0 bridgehead atoms. The zero-order valence-corrected chi connectivity index (χ0v) is 19.3. The van der Waals surface area contributed by atoms with Crippen LogP contribution in [0.2, 0.25) is 0 Å². The molecule has 9 heteroatoms. The zero-order chi connectivity index (χ0) is 23.6. The molecule has 174 valence electrons. The van der Waals surface area contributed by atoms with Crippen molar-refractivity contribution in [2.45, 2.75) is 91.9 Å². The molecule has 9 nitrogen and oxygen atoms in total. The van der Waals surface area contributed by atoms with Gasteiger partial charge in [-0.3, -0.25) is 14.4 Å². The van der Waals surface area contributed by atoms with Crippen molar-refractivity contribution in [3.8, 4) is 0 Å². The highest BCUT2D eigenvalue weighted by Gasteiger charge is 2.33. The van der Waals surface area contributed by atoms with Crippen LogP contribution in [0.5, 0.6) is 0 Å². The second-order valence-corrected chi connectivity index (χ2v) is 8.22. The predicted octanol–water partition coefficient (Wildman–Crippen LogP) is 1.01. The Balaban J connectivity index is 5.24. The number of carboxylic acid groups (broad SMARTS) is 1. The Morgan fingerprint density at radius 3 is 1.57 bits per heavy atom. The normalized spacial score (nSPS) is 18.1. The van der Waals surface area contributed by atoms with E-state index in [1.54, 1.807) is 13.8 Å². The molecule has 6 N–H and O–H groups in total. The maximum atomic E-state index is 12.8. The monoisotopic (exact) mass is 428 g/mol. The van der Waals surface area contributed by atoms with Gasteiger partial charge in [-0.15, -0.1) is 0 Å². The molecule has 0 heterocycles. The molecular formula is C21H40N4O5. The summed E-state index contributed by atoms with van der Waals surface area (Å²) >= 11 is 0. The Hall–Kier alpha value is -2.16. The maximum Gasteiger partial charge on any atom is 0.326 e. The number of hydrogen-bond acceptors (Lipinski definition) is 5. The molecule has 0 spiro atoms. The van der Waals surface area contributed by atoms with Crippen LogP contribution < -0.4 is 21.7 Å². The van der Waals surface area contributed by atoms with Crippen molar-refractivity contribution in [1.29, 1.82) is 0 Å². The summed E-state index contributed by atoms with van der Waals surface area (Å²) in [6.45, 7) is 12.6. The molecule has 3 amide bonds. The van der Waals surface area contributed by atoms with E-state index in [0.29, 0.717) is 12.8 Å². The first-order chi connectivity index (χ1) is 13.9. The van der Waals surface area contributed by atoms with Crippen LogP contribution in [0.25, 0.3) is 0 Å².